The molecule has 1 saturated heterocycles. The summed E-state index contributed by atoms with van der Waals surface area (Å²) >= 11 is 12.5. The third kappa shape index (κ3) is 6.08. The van der Waals surface area contributed by atoms with E-state index in [1.807, 2.05) is 30.3 Å². The first-order valence-electron chi connectivity index (χ1n) is 11.4. The summed E-state index contributed by atoms with van der Waals surface area (Å²) in [7, 11) is 0. The van der Waals surface area contributed by atoms with Crippen LogP contribution < -0.4 is 14.8 Å². The van der Waals surface area contributed by atoms with Crippen LogP contribution in [0.15, 0.2) is 47.1 Å². The van der Waals surface area contributed by atoms with Gasteiger partial charge in [0.2, 0.25) is 12.7 Å². The molecule has 2 aliphatic rings. The largest absolute Gasteiger partial charge is 0.454 e. The zero-order valence-corrected chi connectivity index (χ0v) is 20.5. The molecule has 2 aromatic carbocycles. The highest BCUT2D eigenvalue weighted by molar-refractivity contribution is 6.35. The molecule has 8 nitrogen and oxygen atoms in total. The fourth-order valence-corrected chi connectivity index (χ4v) is 4.61. The van der Waals surface area contributed by atoms with Crippen LogP contribution in [-0.2, 0) is 24.4 Å². The third-order valence-electron chi connectivity index (χ3n) is 5.91. The van der Waals surface area contributed by atoms with E-state index in [1.165, 1.54) is 6.26 Å². The highest BCUT2D eigenvalue weighted by Crippen LogP contribution is 2.33. The molecule has 1 N–H and O–H groups in total. The number of hydrogen-bond acceptors (Lipinski definition) is 7. The van der Waals surface area contributed by atoms with Crippen LogP contribution in [0.25, 0.3) is 0 Å². The number of carbonyl (C=O) groups excluding carboxylic acids is 1. The molecule has 1 aromatic heterocycles. The van der Waals surface area contributed by atoms with Gasteiger partial charge in [-0.25, -0.2) is 4.98 Å². The van der Waals surface area contributed by atoms with Gasteiger partial charge in [0.15, 0.2) is 17.2 Å². The zero-order chi connectivity index (χ0) is 24.2. The molecule has 10 heteroatoms. The van der Waals surface area contributed by atoms with Gasteiger partial charge in [-0.1, -0.05) is 35.3 Å². The van der Waals surface area contributed by atoms with E-state index in [2.05, 4.69) is 15.2 Å². The van der Waals surface area contributed by atoms with Gasteiger partial charge < -0.3 is 23.9 Å². The van der Waals surface area contributed by atoms with E-state index in [4.69, 9.17) is 41.8 Å². The lowest BCUT2D eigenvalue weighted by atomic mass is 10.1. The van der Waals surface area contributed by atoms with Crippen molar-refractivity contribution in [3.05, 3.63) is 75.4 Å². The van der Waals surface area contributed by atoms with Crippen LogP contribution in [0.2, 0.25) is 10.0 Å². The summed E-state index contributed by atoms with van der Waals surface area (Å²) < 4.78 is 22.1. The summed E-state index contributed by atoms with van der Waals surface area (Å²) in [5.74, 6) is 1.59. The van der Waals surface area contributed by atoms with E-state index >= 15 is 0 Å². The van der Waals surface area contributed by atoms with Gasteiger partial charge in [0, 0.05) is 36.3 Å². The van der Waals surface area contributed by atoms with Gasteiger partial charge in [0.1, 0.15) is 6.26 Å². The maximum Gasteiger partial charge on any atom is 0.273 e. The van der Waals surface area contributed by atoms with E-state index in [0.29, 0.717) is 47.9 Å². The molecule has 2 aliphatic heterocycles. The number of rotatable bonds is 9. The molecule has 0 spiro atoms. The molecule has 1 unspecified atom stereocenters. The predicted molar refractivity (Wildman–Crippen MR) is 130 cm³/mol. The molecule has 0 bridgehead atoms. The Morgan fingerprint density at radius 3 is 2.80 bits per heavy atom. The van der Waals surface area contributed by atoms with Gasteiger partial charge in [-0.05, 0) is 48.2 Å². The number of ether oxygens (including phenoxy) is 3. The van der Waals surface area contributed by atoms with E-state index in [-0.39, 0.29) is 24.5 Å². The highest BCUT2D eigenvalue weighted by atomic mass is 35.5. The van der Waals surface area contributed by atoms with Gasteiger partial charge in [0.05, 0.1) is 12.6 Å². The molecule has 3 aromatic rings. The number of carbonyl (C=O) groups is 1. The predicted octanol–water partition coefficient (Wildman–Crippen LogP) is 4.82. The summed E-state index contributed by atoms with van der Waals surface area (Å²) in [5.41, 5.74) is 2.18. The number of hydrogen-bond donors (Lipinski definition) is 1. The summed E-state index contributed by atoms with van der Waals surface area (Å²) in [6, 6.07) is 11.3. The lowest BCUT2D eigenvalue weighted by Crippen LogP contribution is -2.32. The van der Waals surface area contributed by atoms with Gasteiger partial charge in [-0.15, -0.1) is 0 Å². The Labute approximate surface area is 213 Å². The van der Waals surface area contributed by atoms with Crippen LogP contribution in [0.4, 0.5) is 0 Å². The Morgan fingerprint density at radius 2 is 1.97 bits per heavy atom. The van der Waals surface area contributed by atoms with Gasteiger partial charge in [0.25, 0.3) is 5.91 Å². The maximum absolute atomic E-state index is 12.5. The van der Waals surface area contributed by atoms with Crippen molar-refractivity contribution in [2.75, 3.05) is 19.9 Å². The van der Waals surface area contributed by atoms with Gasteiger partial charge >= 0.3 is 0 Å². The maximum atomic E-state index is 12.5. The Bertz CT molecular complexity index is 1200. The highest BCUT2D eigenvalue weighted by Gasteiger charge is 2.20. The van der Waals surface area contributed by atoms with Crippen molar-refractivity contribution in [2.45, 2.75) is 38.6 Å². The molecule has 35 heavy (non-hydrogen) atoms. The number of halogens is 2. The van der Waals surface area contributed by atoms with Crippen molar-refractivity contribution < 1.29 is 23.4 Å². The summed E-state index contributed by atoms with van der Waals surface area (Å²) in [6.07, 6.45) is 3.41. The number of fused-ring (bicyclic) bond motifs is 1. The average Bonchev–Trinajstić information content (AvgIpc) is 3.61. The molecule has 0 radical (unpaired) electrons. The molecule has 1 fully saturated rings. The first kappa shape index (κ1) is 23.9. The number of amides is 1. The first-order valence-corrected chi connectivity index (χ1v) is 12.2. The third-order valence-corrected chi connectivity index (χ3v) is 6.50. The lowest BCUT2D eigenvalue weighted by Gasteiger charge is -2.22. The lowest BCUT2D eigenvalue weighted by molar-refractivity contribution is 0.0853. The number of aromatic nitrogens is 1. The minimum atomic E-state index is -0.279. The molecule has 0 saturated carbocycles. The summed E-state index contributed by atoms with van der Waals surface area (Å²) in [4.78, 5) is 19.0. The van der Waals surface area contributed by atoms with Crippen molar-refractivity contribution in [1.29, 1.82) is 0 Å². The van der Waals surface area contributed by atoms with E-state index in [0.717, 1.165) is 36.3 Å². The van der Waals surface area contributed by atoms with Crippen LogP contribution >= 0.6 is 23.2 Å². The van der Waals surface area contributed by atoms with Gasteiger partial charge in [-0.2, -0.15) is 0 Å². The minimum Gasteiger partial charge on any atom is -0.454 e. The van der Waals surface area contributed by atoms with Crippen LogP contribution in [-0.4, -0.2) is 41.8 Å². The Hall–Kier alpha value is -2.78. The average molecular weight is 518 g/mol. The van der Waals surface area contributed by atoms with E-state index in [9.17, 15) is 4.79 Å². The second kappa shape index (κ2) is 10.9. The van der Waals surface area contributed by atoms with Crippen molar-refractivity contribution in [3.8, 4) is 11.5 Å². The van der Waals surface area contributed by atoms with Crippen LogP contribution in [0.5, 0.6) is 11.5 Å². The minimum absolute atomic E-state index is 0.0617. The molecular formula is C25H25Cl2N3O5. The number of nitrogens with one attached hydrogen (secondary N) is 1. The smallest absolute Gasteiger partial charge is 0.273 e. The Morgan fingerprint density at radius 1 is 1.09 bits per heavy atom. The van der Waals surface area contributed by atoms with Crippen LogP contribution in [0.1, 0.15) is 40.3 Å². The van der Waals surface area contributed by atoms with Crippen molar-refractivity contribution in [1.82, 2.24) is 15.2 Å². The first-order chi connectivity index (χ1) is 17.0. The molecule has 3 heterocycles. The molecule has 184 valence electrons. The SMILES string of the molecule is O=C(NCC1CCCO1)c1coc(CN(Cc2ccc3c(c2)OCO3)Cc2ccc(Cl)cc2Cl)n1. The number of oxazole rings is 1. The second-order valence-corrected chi connectivity index (χ2v) is 9.38. The fraction of sp³-hybridized carbons (Fsp3) is 0.360. The Kier molecular flexibility index (Phi) is 7.43. The molecule has 1 amide bonds. The topological polar surface area (TPSA) is 86.1 Å². The van der Waals surface area contributed by atoms with Crippen molar-refractivity contribution >= 4 is 29.1 Å². The van der Waals surface area contributed by atoms with Crippen molar-refractivity contribution in [2.24, 2.45) is 0 Å². The standard InChI is InChI=1S/C25H25Cl2N3O5/c26-18-5-4-17(20(27)9-18)12-30(11-16-3-6-22-23(8-16)35-15-34-22)13-24-29-21(14-33-24)25(31)28-10-19-2-1-7-32-19/h3-6,8-9,14,19H,1-2,7,10-13,15H2,(H,28,31). The van der Waals surface area contributed by atoms with Crippen LogP contribution in [0.3, 0.4) is 0 Å². The normalized spacial score (nSPS) is 16.7. The van der Waals surface area contributed by atoms with E-state index < -0.39 is 0 Å². The second-order valence-electron chi connectivity index (χ2n) is 8.54. The monoisotopic (exact) mass is 517 g/mol. The molecular weight excluding hydrogens is 493 g/mol. The van der Waals surface area contributed by atoms with Crippen molar-refractivity contribution in [3.63, 3.8) is 0 Å². The van der Waals surface area contributed by atoms with E-state index in [1.54, 1.807) is 6.07 Å². The number of nitrogens with zero attached hydrogens (tertiary/aromatic N) is 2. The summed E-state index contributed by atoms with van der Waals surface area (Å²) in [5, 5.41) is 4.02. The molecule has 1 atom stereocenters. The molecule has 5 rings (SSSR count). The van der Waals surface area contributed by atoms with Gasteiger partial charge in [-0.3, -0.25) is 9.69 Å². The molecule has 0 aliphatic carbocycles. The fourth-order valence-electron chi connectivity index (χ4n) is 4.14. The quantitative estimate of drug-likeness (QED) is 0.435. The van der Waals surface area contributed by atoms with Crippen LogP contribution in [0, 0.1) is 0 Å². The zero-order valence-electron chi connectivity index (χ0n) is 19.0. The summed E-state index contributed by atoms with van der Waals surface area (Å²) in [6.45, 7) is 2.88. The Balaban J connectivity index is 1.29. The number of benzene rings is 2.